The van der Waals surface area contributed by atoms with Gasteiger partial charge in [0.05, 0.1) is 6.07 Å². The summed E-state index contributed by atoms with van der Waals surface area (Å²) in [5.41, 5.74) is 0.795. The molecule has 0 aromatic carbocycles. The first-order chi connectivity index (χ1) is 7.58. The molecule has 2 heteroatoms. The molecule has 0 saturated heterocycles. The van der Waals surface area contributed by atoms with E-state index < -0.39 is 0 Å². The molecule has 90 valence electrons. The van der Waals surface area contributed by atoms with E-state index in [1.165, 1.54) is 38.5 Å². The number of nitrogens with one attached hydrogen (secondary N) is 1. The molecule has 0 amide bonds. The van der Waals surface area contributed by atoms with Crippen LogP contribution in [0.15, 0.2) is 0 Å². The van der Waals surface area contributed by atoms with Gasteiger partial charge in [-0.25, -0.2) is 0 Å². The van der Waals surface area contributed by atoms with Crippen molar-refractivity contribution in [1.82, 2.24) is 5.32 Å². The second-order valence-corrected chi connectivity index (χ2v) is 6.50. The van der Waals surface area contributed by atoms with Crippen LogP contribution in [-0.4, -0.2) is 12.6 Å². The fourth-order valence-electron chi connectivity index (χ4n) is 2.97. The standard InChI is InChI=1S/C14H24N2/c1-13(2)6-4-3-5-12(13)16-11-14(7-8-14)9-10-15/h12,16H,3-9,11H2,1-2H3. The van der Waals surface area contributed by atoms with Crippen molar-refractivity contribution in [2.75, 3.05) is 6.54 Å². The maximum Gasteiger partial charge on any atom is 0.0628 e. The molecule has 1 atom stereocenters. The Morgan fingerprint density at radius 1 is 1.25 bits per heavy atom. The normalized spacial score (nSPS) is 30.7. The molecule has 0 aromatic heterocycles. The molecule has 2 rings (SSSR count). The average molecular weight is 220 g/mol. The summed E-state index contributed by atoms with van der Waals surface area (Å²) < 4.78 is 0. The summed E-state index contributed by atoms with van der Waals surface area (Å²) in [6.07, 6.45) is 8.65. The lowest BCUT2D eigenvalue weighted by Gasteiger charge is -2.40. The smallest absolute Gasteiger partial charge is 0.0628 e. The first-order valence-electron chi connectivity index (χ1n) is 6.68. The second-order valence-electron chi connectivity index (χ2n) is 6.50. The molecule has 2 fully saturated rings. The van der Waals surface area contributed by atoms with Crippen LogP contribution in [0, 0.1) is 22.2 Å². The van der Waals surface area contributed by atoms with Crippen molar-refractivity contribution in [2.24, 2.45) is 10.8 Å². The van der Waals surface area contributed by atoms with E-state index in [1.807, 2.05) is 0 Å². The van der Waals surface area contributed by atoms with Crippen LogP contribution in [0.5, 0.6) is 0 Å². The zero-order valence-corrected chi connectivity index (χ0v) is 10.7. The molecule has 16 heavy (non-hydrogen) atoms. The van der Waals surface area contributed by atoms with Crippen LogP contribution < -0.4 is 5.32 Å². The molecule has 2 saturated carbocycles. The van der Waals surface area contributed by atoms with Crippen LogP contribution in [0.4, 0.5) is 0 Å². The van der Waals surface area contributed by atoms with E-state index in [1.54, 1.807) is 0 Å². The van der Waals surface area contributed by atoms with Crippen LogP contribution in [-0.2, 0) is 0 Å². The molecule has 2 nitrogen and oxygen atoms in total. The highest BCUT2D eigenvalue weighted by Crippen LogP contribution is 2.48. The third-order valence-electron chi connectivity index (χ3n) is 4.64. The van der Waals surface area contributed by atoms with Crippen molar-refractivity contribution < 1.29 is 0 Å². The van der Waals surface area contributed by atoms with Crippen LogP contribution in [0.1, 0.15) is 58.8 Å². The van der Waals surface area contributed by atoms with Gasteiger partial charge < -0.3 is 5.32 Å². The topological polar surface area (TPSA) is 35.8 Å². The average Bonchev–Trinajstić information content (AvgIpc) is 2.97. The van der Waals surface area contributed by atoms with Gasteiger partial charge in [0.2, 0.25) is 0 Å². The van der Waals surface area contributed by atoms with Gasteiger partial charge in [-0.2, -0.15) is 5.26 Å². The molecule has 0 spiro atoms. The molecule has 1 N–H and O–H groups in total. The van der Waals surface area contributed by atoms with E-state index >= 15 is 0 Å². The molecular weight excluding hydrogens is 196 g/mol. The van der Waals surface area contributed by atoms with Crippen molar-refractivity contribution in [3.8, 4) is 6.07 Å². The molecule has 1 unspecified atom stereocenters. The van der Waals surface area contributed by atoms with Crippen LogP contribution in [0.2, 0.25) is 0 Å². The molecule has 0 heterocycles. The highest BCUT2D eigenvalue weighted by atomic mass is 15.0. The number of hydrogen-bond acceptors (Lipinski definition) is 2. The lowest BCUT2D eigenvalue weighted by atomic mass is 9.73. The molecule has 0 aromatic rings. The van der Waals surface area contributed by atoms with E-state index in [9.17, 15) is 0 Å². The van der Waals surface area contributed by atoms with Crippen molar-refractivity contribution >= 4 is 0 Å². The van der Waals surface area contributed by atoms with Gasteiger partial charge >= 0.3 is 0 Å². The number of hydrogen-bond donors (Lipinski definition) is 1. The first kappa shape index (κ1) is 11.9. The van der Waals surface area contributed by atoms with Gasteiger partial charge in [-0.1, -0.05) is 26.7 Å². The molecule has 2 aliphatic rings. The van der Waals surface area contributed by atoms with E-state index in [-0.39, 0.29) is 0 Å². The molecule has 0 bridgehead atoms. The highest BCUT2D eigenvalue weighted by Gasteiger charge is 2.43. The maximum atomic E-state index is 8.80. The largest absolute Gasteiger partial charge is 0.313 e. The second kappa shape index (κ2) is 4.37. The minimum atomic E-state index is 0.349. The van der Waals surface area contributed by atoms with Gasteiger partial charge in [0.15, 0.2) is 0 Å². The van der Waals surface area contributed by atoms with E-state index in [0.29, 0.717) is 16.9 Å². The van der Waals surface area contributed by atoms with Gasteiger partial charge in [0, 0.05) is 19.0 Å². The lowest BCUT2D eigenvalue weighted by molar-refractivity contribution is 0.161. The van der Waals surface area contributed by atoms with E-state index in [2.05, 4.69) is 25.2 Å². The Balaban J connectivity index is 1.83. The minimum Gasteiger partial charge on any atom is -0.313 e. The van der Waals surface area contributed by atoms with Crippen molar-refractivity contribution in [3.63, 3.8) is 0 Å². The van der Waals surface area contributed by atoms with Gasteiger partial charge in [0.25, 0.3) is 0 Å². The summed E-state index contributed by atoms with van der Waals surface area (Å²) in [6, 6.07) is 3.00. The van der Waals surface area contributed by atoms with Crippen LogP contribution >= 0.6 is 0 Å². The Hall–Kier alpha value is -0.550. The summed E-state index contributed by atoms with van der Waals surface area (Å²) in [4.78, 5) is 0. The molecule has 2 aliphatic carbocycles. The number of nitrogens with zero attached hydrogens (tertiary/aromatic N) is 1. The Kier molecular flexibility index (Phi) is 3.26. The van der Waals surface area contributed by atoms with Crippen molar-refractivity contribution in [1.29, 1.82) is 5.26 Å². The lowest BCUT2D eigenvalue weighted by Crippen LogP contribution is -2.46. The van der Waals surface area contributed by atoms with Gasteiger partial charge in [-0.3, -0.25) is 0 Å². The Bertz CT molecular complexity index is 284. The first-order valence-corrected chi connectivity index (χ1v) is 6.68. The number of nitriles is 1. The van der Waals surface area contributed by atoms with Gasteiger partial charge in [0.1, 0.15) is 0 Å². The fraction of sp³-hybridized carbons (Fsp3) is 0.929. The van der Waals surface area contributed by atoms with Crippen molar-refractivity contribution in [3.05, 3.63) is 0 Å². The predicted octanol–water partition coefficient (Wildman–Crippen LogP) is 3.24. The van der Waals surface area contributed by atoms with Gasteiger partial charge in [-0.15, -0.1) is 0 Å². The highest BCUT2D eigenvalue weighted by molar-refractivity contribution is 5.02. The summed E-state index contributed by atoms with van der Waals surface area (Å²) in [6.45, 7) is 5.83. The predicted molar refractivity (Wildman–Crippen MR) is 65.9 cm³/mol. The molecular formula is C14H24N2. The number of rotatable bonds is 4. The van der Waals surface area contributed by atoms with E-state index in [0.717, 1.165) is 13.0 Å². The molecule has 0 aliphatic heterocycles. The zero-order chi connectivity index (χ0) is 11.6. The van der Waals surface area contributed by atoms with E-state index in [4.69, 9.17) is 5.26 Å². The zero-order valence-electron chi connectivity index (χ0n) is 10.7. The summed E-state index contributed by atoms with van der Waals surface area (Å²) >= 11 is 0. The Labute approximate surface area is 99.4 Å². The fourth-order valence-corrected chi connectivity index (χ4v) is 2.97. The van der Waals surface area contributed by atoms with Crippen LogP contribution in [0.3, 0.4) is 0 Å². The summed E-state index contributed by atoms with van der Waals surface area (Å²) in [5, 5.41) is 12.6. The maximum absolute atomic E-state index is 8.80. The third kappa shape index (κ3) is 2.58. The van der Waals surface area contributed by atoms with Crippen LogP contribution in [0.25, 0.3) is 0 Å². The monoisotopic (exact) mass is 220 g/mol. The van der Waals surface area contributed by atoms with Gasteiger partial charge in [-0.05, 0) is 36.5 Å². The van der Waals surface area contributed by atoms with Crippen molar-refractivity contribution in [2.45, 2.75) is 64.8 Å². The summed E-state index contributed by atoms with van der Waals surface area (Å²) in [5.74, 6) is 0. The third-order valence-corrected chi connectivity index (χ3v) is 4.64. The Morgan fingerprint density at radius 2 is 2.00 bits per heavy atom. The Morgan fingerprint density at radius 3 is 2.56 bits per heavy atom. The quantitative estimate of drug-likeness (QED) is 0.789. The SMILES string of the molecule is CC1(C)CCCCC1NCC1(CC#N)CC1. The minimum absolute atomic E-state index is 0.349. The molecule has 0 radical (unpaired) electrons. The summed E-state index contributed by atoms with van der Waals surface area (Å²) in [7, 11) is 0.